The highest BCUT2D eigenvalue weighted by atomic mass is 32.2. The SMILES string of the molecule is CSCc1nc2ccccc2n1CC(=O)NCC(C)(C)C(=O)O. The average molecular weight is 335 g/mol. The fourth-order valence-corrected chi connectivity index (χ4v) is 2.61. The molecule has 0 bridgehead atoms. The number of nitrogens with zero attached hydrogens (tertiary/aromatic N) is 2. The Morgan fingerprint density at radius 1 is 1.35 bits per heavy atom. The van der Waals surface area contributed by atoms with Crippen LogP contribution in [0.5, 0.6) is 0 Å². The van der Waals surface area contributed by atoms with Crippen LogP contribution < -0.4 is 5.32 Å². The third kappa shape index (κ3) is 4.04. The maximum absolute atomic E-state index is 12.2. The first-order valence-electron chi connectivity index (χ1n) is 7.28. The predicted molar refractivity (Wildman–Crippen MR) is 91.4 cm³/mol. The van der Waals surface area contributed by atoms with Gasteiger partial charge in [-0.15, -0.1) is 0 Å². The zero-order valence-electron chi connectivity index (χ0n) is 13.5. The summed E-state index contributed by atoms with van der Waals surface area (Å²) < 4.78 is 1.88. The molecule has 0 spiro atoms. The molecular weight excluding hydrogens is 314 g/mol. The van der Waals surface area contributed by atoms with Crippen LogP contribution >= 0.6 is 11.8 Å². The van der Waals surface area contributed by atoms with Crippen molar-refractivity contribution in [3.8, 4) is 0 Å². The van der Waals surface area contributed by atoms with Gasteiger partial charge in [-0.2, -0.15) is 11.8 Å². The lowest BCUT2D eigenvalue weighted by Crippen LogP contribution is -2.40. The lowest BCUT2D eigenvalue weighted by Gasteiger charge is -2.19. The zero-order chi connectivity index (χ0) is 17.0. The van der Waals surface area contributed by atoms with Crippen LogP contribution in [0.1, 0.15) is 19.7 Å². The van der Waals surface area contributed by atoms with Crippen molar-refractivity contribution in [1.82, 2.24) is 14.9 Å². The number of nitrogens with one attached hydrogen (secondary N) is 1. The molecule has 2 aromatic rings. The van der Waals surface area contributed by atoms with Gasteiger partial charge in [0, 0.05) is 6.54 Å². The van der Waals surface area contributed by atoms with Gasteiger partial charge >= 0.3 is 5.97 Å². The Hall–Kier alpha value is -2.02. The quantitative estimate of drug-likeness (QED) is 0.810. The van der Waals surface area contributed by atoms with Crippen LogP contribution in [0.3, 0.4) is 0 Å². The largest absolute Gasteiger partial charge is 0.481 e. The molecule has 0 aliphatic carbocycles. The first kappa shape index (κ1) is 17.3. The molecule has 1 aromatic heterocycles. The van der Waals surface area contributed by atoms with E-state index < -0.39 is 11.4 Å². The molecule has 2 rings (SSSR count). The monoisotopic (exact) mass is 335 g/mol. The van der Waals surface area contributed by atoms with Crippen molar-refractivity contribution >= 4 is 34.7 Å². The van der Waals surface area contributed by atoms with Gasteiger partial charge in [-0.3, -0.25) is 9.59 Å². The average Bonchev–Trinajstić information content (AvgIpc) is 2.83. The number of imidazole rings is 1. The van der Waals surface area contributed by atoms with Crippen molar-refractivity contribution in [2.75, 3.05) is 12.8 Å². The van der Waals surface area contributed by atoms with Crippen molar-refractivity contribution in [1.29, 1.82) is 0 Å². The van der Waals surface area contributed by atoms with Crippen LogP contribution in [0, 0.1) is 5.41 Å². The van der Waals surface area contributed by atoms with Crippen LogP contribution in [0.25, 0.3) is 11.0 Å². The van der Waals surface area contributed by atoms with Gasteiger partial charge in [-0.25, -0.2) is 4.98 Å². The number of thioether (sulfide) groups is 1. The fourth-order valence-electron chi connectivity index (χ4n) is 2.14. The van der Waals surface area contributed by atoms with E-state index in [1.165, 1.54) is 0 Å². The number of fused-ring (bicyclic) bond motifs is 1. The van der Waals surface area contributed by atoms with Gasteiger partial charge in [0.2, 0.25) is 5.91 Å². The fraction of sp³-hybridized carbons (Fsp3) is 0.438. The first-order chi connectivity index (χ1) is 10.8. The molecule has 0 aliphatic rings. The summed E-state index contributed by atoms with van der Waals surface area (Å²) in [5, 5.41) is 11.8. The van der Waals surface area contributed by atoms with Crippen molar-refractivity contribution in [2.24, 2.45) is 5.41 Å². The molecule has 1 aromatic carbocycles. The van der Waals surface area contributed by atoms with E-state index in [9.17, 15) is 9.59 Å². The molecule has 7 heteroatoms. The van der Waals surface area contributed by atoms with E-state index in [1.807, 2.05) is 35.1 Å². The van der Waals surface area contributed by atoms with Crippen LogP contribution in [-0.4, -0.2) is 39.3 Å². The number of hydrogen-bond acceptors (Lipinski definition) is 4. The van der Waals surface area contributed by atoms with E-state index in [4.69, 9.17) is 5.11 Å². The molecule has 0 aliphatic heterocycles. The number of hydrogen-bond donors (Lipinski definition) is 2. The highest BCUT2D eigenvalue weighted by Crippen LogP contribution is 2.19. The number of rotatable bonds is 7. The number of carbonyl (C=O) groups excluding carboxylic acids is 1. The van der Waals surface area contributed by atoms with E-state index in [-0.39, 0.29) is 19.0 Å². The molecule has 124 valence electrons. The molecule has 0 fully saturated rings. The second-order valence-electron chi connectivity index (χ2n) is 6.00. The van der Waals surface area contributed by atoms with Gasteiger partial charge in [0.1, 0.15) is 12.4 Å². The lowest BCUT2D eigenvalue weighted by molar-refractivity contribution is -0.146. The summed E-state index contributed by atoms with van der Waals surface area (Å²) in [4.78, 5) is 27.9. The molecule has 0 saturated heterocycles. The molecule has 0 atom stereocenters. The maximum Gasteiger partial charge on any atom is 0.310 e. The molecule has 0 radical (unpaired) electrons. The summed E-state index contributed by atoms with van der Waals surface area (Å²) in [7, 11) is 0. The second-order valence-corrected chi connectivity index (χ2v) is 6.87. The number of aromatic nitrogens is 2. The molecule has 23 heavy (non-hydrogen) atoms. The molecule has 0 unspecified atom stereocenters. The number of carbonyl (C=O) groups is 2. The second kappa shape index (κ2) is 7.04. The van der Waals surface area contributed by atoms with Gasteiger partial charge in [-0.05, 0) is 32.2 Å². The number of amides is 1. The van der Waals surface area contributed by atoms with Gasteiger partial charge in [0.05, 0.1) is 22.2 Å². The number of carboxylic acid groups (broad SMARTS) is 1. The van der Waals surface area contributed by atoms with Crippen molar-refractivity contribution in [3.63, 3.8) is 0 Å². The summed E-state index contributed by atoms with van der Waals surface area (Å²) in [5.41, 5.74) is 0.772. The van der Waals surface area contributed by atoms with Gasteiger partial charge in [0.25, 0.3) is 0 Å². The standard InChI is InChI=1S/C16H21N3O3S/c1-16(2,15(21)22)10-17-14(20)8-19-12-7-5-4-6-11(12)18-13(19)9-23-3/h4-7H,8-10H2,1-3H3,(H,17,20)(H,21,22). The van der Waals surface area contributed by atoms with Gasteiger partial charge < -0.3 is 15.0 Å². The Balaban J connectivity index is 2.15. The number of benzene rings is 1. The highest BCUT2D eigenvalue weighted by Gasteiger charge is 2.27. The van der Waals surface area contributed by atoms with Crippen LogP contribution in [0.2, 0.25) is 0 Å². The predicted octanol–water partition coefficient (Wildman–Crippen LogP) is 2.13. The van der Waals surface area contributed by atoms with Gasteiger partial charge in [-0.1, -0.05) is 12.1 Å². The summed E-state index contributed by atoms with van der Waals surface area (Å²) in [5.74, 6) is 0.396. The molecule has 2 N–H and O–H groups in total. The third-order valence-electron chi connectivity index (χ3n) is 3.62. The number of para-hydroxylation sites is 2. The topological polar surface area (TPSA) is 84.2 Å². The minimum Gasteiger partial charge on any atom is -0.481 e. The van der Waals surface area contributed by atoms with E-state index >= 15 is 0 Å². The van der Waals surface area contributed by atoms with E-state index in [1.54, 1.807) is 25.6 Å². The van der Waals surface area contributed by atoms with E-state index in [0.717, 1.165) is 16.9 Å². The summed E-state index contributed by atoms with van der Waals surface area (Å²) in [6, 6.07) is 7.68. The highest BCUT2D eigenvalue weighted by molar-refractivity contribution is 7.97. The van der Waals surface area contributed by atoms with Crippen molar-refractivity contribution < 1.29 is 14.7 Å². The minimum absolute atomic E-state index is 0.0889. The van der Waals surface area contributed by atoms with Crippen molar-refractivity contribution in [2.45, 2.75) is 26.1 Å². The van der Waals surface area contributed by atoms with Crippen molar-refractivity contribution in [3.05, 3.63) is 30.1 Å². The van der Waals surface area contributed by atoms with E-state index in [2.05, 4.69) is 10.3 Å². The number of carboxylic acids is 1. The lowest BCUT2D eigenvalue weighted by atomic mass is 9.94. The van der Waals surface area contributed by atoms with Gasteiger partial charge in [0.15, 0.2) is 0 Å². The summed E-state index contributed by atoms with van der Waals surface area (Å²) in [6.07, 6.45) is 1.99. The van der Waals surface area contributed by atoms with Crippen LogP contribution in [0.15, 0.2) is 24.3 Å². The first-order valence-corrected chi connectivity index (χ1v) is 8.67. The molecular formula is C16H21N3O3S. The smallest absolute Gasteiger partial charge is 0.310 e. The molecule has 1 amide bonds. The summed E-state index contributed by atoms with van der Waals surface area (Å²) >= 11 is 1.64. The Labute approximate surface area is 139 Å². The zero-order valence-corrected chi connectivity index (χ0v) is 14.3. The van der Waals surface area contributed by atoms with E-state index in [0.29, 0.717) is 5.75 Å². The normalized spacial score (nSPS) is 11.6. The Morgan fingerprint density at radius 3 is 2.70 bits per heavy atom. The Kier molecular flexibility index (Phi) is 5.30. The summed E-state index contributed by atoms with van der Waals surface area (Å²) in [6.45, 7) is 3.39. The van der Waals surface area contributed by atoms with Crippen LogP contribution in [-0.2, 0) is 21.9 Å². The third-order valence-corrected chi connectivity index (χ3v) is 4.16. The maximum atomic E-state index is 12.2. The Bertz CT molecular complexity index is 724. The Morgan fingerprint density at radius 2 is 2.04 bits per heavy atom. The molecule has 1 heterocycles. The number of aliphatic carboxylic acids is 1. The molecule has 6 nitrogen and oxygen atoms in total. The molecule has 0 saturated carbocycles. The van der Waals surface area contributed by atoms with Crippen LogP contribution in [0.4, 0.5) is 0 Å². The minimum atomic E-state index is -0.991.